The molecular weight excluding hydrogens is 310 g/mol. The van der Waals surface area contributed by atoms with Crippen LogP contribution in [-0.4, -0.2) is 19.6 Å². The molecule has 0 aliphatic heterocycles. The van der Waals surface area contributed by atoms with Gasteiger partial charge in [0.2, 0.25) is 0 Å². The number of rotatable bonds is 3. The van der Waals surface area contributed by atoms with Crippen LogP contribution in [0.4, 0.5) is 11.5 Å². The van der Waals surface area contributed by atoms with Crippen molar-refractivity contribution in [2.75, 3.05) is 5.32 Å². The van der Waals surface area contributed by atoms with Gasteiger partial charge < -0.3 is 5.32 Å². The van der Waals surface area contributed by atoms with Crippen LogP contribution in [0, 0.1) is 20.8 Å². The van der Waals surface area contributed by atoms with E-state index >= 15 is 0 Å². The van der Waals surface area contributed by atoms with Gasteiger partial charge in [0.15, 0.2) is 5.65 Å². The van der Waals surface area contributed by atoms with Crippen LogP contribution in [0.15, 0.2) is 54.9 Å². The number of benzene rings is 1. The largest absolute Gasteiger partial charge is 0.340 e. The Bertz CT molecular complexity index is 1030. The molecule has 0 bridgehead atoms. The van der Waals surface area contributed by atoms with Gasteiger partial charge in [-0.3, -0.25) is 4.98 Å². The summed E-state index contributed by atoms with van der Waals surface area (Å²) in [5.74, 6) is 0.884. The molecule has 0 unspecified atom stereocenters. The van der Waals surface area contributed by atoms with E-state index in [-0.39, 0.29) is 0 Å². The fraction of sp³-hybridized carbons (Fsp3) is 0.150. The molecule has 0 amide bonds. The summed E-state index contributed by atoms with van der Waals surface area (Å²) in [7, 11) is 0. The highest BCUT2D eigenvalue weighted by molar-refractivity contribution is 5.81. The number of aryl methyl sites for hydroxylation is 3. The van der Waals surface area contributed by atoms with E-state index in [0.717, 1.165) is 39.7 Å². The molecule has 0 spiro atoms. The number of hydrogen-bond acceptors (Lipinski definition) is 4. The second kappa shape index (κ2) is 6.02. The third-order valence-corrected chi connectivity index (χ3v) is 4.19. The van der Waals surface area contributed by atoms with Crippen LogP contribution in [0.1, 0.15) is 17.0 Å². The number of anilines is 2. The highest BCUT2D eigenvalue weighted by atomic mass is 15.3. The molecule has 3 heterocycles. The van der Waals surface area contributed by atoms with E-state index in [4.69, 9.17) is 10.1 Å². The Balaban J connectivity index is 1.89. The van der Waals surface area contributed by atoms with Crippen molar-refractivity contribution in [2.24, 2.45) is 0 Å². The molecule has 5 heteroatoms. The van der Waals surface area contributed by atoms with Crippen LogP contribution in [0.3, 0.4) is 0 Å². The van der Waals surface area contributed by atoms with Crippen molar-refractivity contribution in [2.45, 2.75) is 20.8 Å². The lowest BCUT2D eigenvalue weighted by Gasteiger charge is -2.09. The molecule has 1 N–H and O–H groups in total. The molecule has 124 valence electrons. The van der Waals surface area contributed by atoms with E-state index in [0.29, 0.717) is 0 Å². The van der Waals surface area contributed by atoms with Crippen molar-refractivity contribution in [1.29, 1.82) is 0 Å². The quantitative estimate of drug-likeness (QED) is 0.603. The van der Waals surface area contributed by atoms with Gasteiger partial charge in [0, 0.05) is 35.4 Å². The molecule has 25 heavy (non-hydrogen) atoms. The Hall–Kier alpha value is -3.21. The van der Waals surface area contributed by atoms with Gasteiger partial charge in [-0.05, 0) is 38.5 Å². The van der Waals surface area contributed by atoms with Gasteiger partial charge in [0.1, 0.15) is 5.82 Å². The third-order valence-electron chi connectivity index (χ3n) is 4.19. The molecule has 4 rings (SSSR count). The fourth-order valence-electron chi connectivity index (χ4n) is 2.97. The zero-order chi connectivity index (χ0) is 17.4. The van der Waals surface area contributed by atoms with Crippen molar-refractivity contribution in [3.05, 3.63) is 71.8 Å². The van der Waals surface area contributed by atoms with Gasteiger partial charge in [-0.15, -0.1) is 0 Å². The minimum Gasteiger partial charge on any atom is -0.340 e. The molecule has 0 saturated carbocycles. The molecule has 0 fully saturated rings. The van der Waals surface area contributed by atoms with E-state index in [2.05, 4.69) is 41.5 Å². The topological polar surface area (TPSA) is 55.1 Å². The maximum absolute atomic E-state index is 4.75. The van der Waals surface area contributed by atoms with Crippen molar-refractivity contribution in [1.82, 2.24) is 19.6 Å². The van der Waals surface area contributed by atoms with E-state index in [1.54, 1.807) is 12.4 Å². The van der Waals surface area contributed by atoms with Crippen LogP contribution in [0.2, 0.25) is 0 Å². The Kier molecular flexibility index (Phi) is 3.69. The summed E-state index contributed by atoms with van der Waals surface area (Å²) < 4.78 is 1.87. The van der Waals surface area contributed by atoms with Gasteiger partial charge in [-0.25, -0.2) is 4.98 Å². The average molecular weight is 329 g/mol. The van der Waals surface area contributed by atoms with E-state index in [9.17, 15) is 0 Å². The lowest BCUT2D eigenvalue weighted by atomic mass is 10.0. The standard InChI is InChI=1S/C20H19N5/c1-13-4-6-16(7-5-13)19-15(3)24-25-18(12-14(2)22-20(19)25)23-17-8-10-21-11-9-17/h4-12H,1-3H3,(H,21,23). The first-order valence-electron chi connectivity index (χ1n) is 8.23. The molecule has 0 radical (unpaired) electrons. The zero-order valence-electron chi connectivity index (χ0n) is 14.5. The second-order valence-corrected chi connectivity index (χ2v) is 6.21. The zero-order valence-corrected chi connectivity index (χ0v) is 14.5. The van der Waals surface area contributed by atoms with Gasteiger partial charge in [-0.1, -0.05) is 29.8 Å². The normalized spacial score (nSPS) is 11.0. The van der Waals surface area contributed by atoms with Crippen molar-refractivity contribution in [3.63, 3.8) is 0 Å². The number of hydrogen-bond donors (Lipinski definition) is 1. The molecule has 4 aromatic rings. The van der Waals surface area contributed by atoms with Crippen LogP contribution >= 0.6 is 0 Å². The Morgan fingerprint density at radius 1 is 0.920 bits per heavy atom. The molecule has 1 aromatic carbocycles. The lowest BCUT2D eigenvalue weighted by Crippen LogP contribution is -2.02. The van der Waals surface area contributed by atoms with Gasteiger partial charge in [0.05, 0.1) is 5.69 Å². The number of nitrogens with one attached hydrogen (secondary N) is 1. The molecule has 0 saturated heterocycles. The summed E-state index contributed by atoms with van der Waals surface area (Å²) in [5, 5.41) is 8.13. The van der Waals surface area contributed by atoms with E-state index < -0.39 is 0 Å². The Labute approximate surface area is 146 Å². The highest BCUT2D eigenvalue weighted by Crippen LogP contribution is 2.30. The summed E-state index contributed by atoms with van der Waals surface area (Å²) in [6.07, 6.45) is 3.53. The Morgan fingerprint density at radius 3 is 2.36 bits per heavy atom. The van der Waals surface area contributed by atoms with Gasteiger partial charge in [-0.2, -0.15) is 9.61 Å². The fourth-order valence-corrected chi connectivity index (χ4v) is 2.97. The summed E-state index contributed by atoms with van der Waals surface area (Å²) in [6.45, 7) is 6.11. The molecule has 0 aliphatic rings. The summed E-state index contributed by atoms with van der Waals surface area (Å²) in [5.41, 5.74) is 7.16. The van der Waals surface area contributed by atoms with Crippen LogP contribution in [0.5, 0.6) is 0 Å². The monoisotopic (exact) mass is 329 g/mol. The number of pyridine rings is 1. The summed E-state index contributed by atoms with van der Waals surface area (Å²) in [4.78, 5) is 8.80. The smallest absolute Gasteiger partial charge is 0.165 e. The molecule has 0 aliphatic carbocycles. The third kappa shape index (κ3) is 2.85. The van der Waals surface area contributed by atoms with Crippen LogP contribution in [0.25, 0.3) is 16.8 Å². The molecule has 0 atom stereocenters. The highest BCUT2D eigenvalue weighted by Gasteiger charge is 2.16. The predicted molar refractivity (Wildman–Crippen MR) is 100 cm³/mol. The maximum Gasteiger partial charge on any atom is 0.165 e. The molecule has 5 nitrogen and oxygen atoms in total. The van der Waals surface area contributed by atoms with Gasteiger partial charge in [0.25, 0.3) is 0 Å². The van der Waals surface area contributed by atoms with E-state index in [1.807, 2.05) is 36.6 Å². The molecule has 3 aromatic heterocycles. The van der Waals surface area contributed by atoms with Crippen molar-refractivity contribution in [3.8, 4) is 11.1 Å². The second-order valence-electron chi connectivity index (χ2n) is 6.21. The number of fused-ring (bicyclic) bond motifs is 1. The number of nitrogens with zero attached hydrogens (tertiary/aromatic N) is 4. The summed E-state index contributed by atoms with van der Waals surface area (Å²) >= 11 is 0. The maximum atomic E-state index is 4.75. The first-order chi connectivity index (χ1) is 12.1. The Morgan fingerprint density at radius 2 is 1.64 bits per heavy atom. The van der Waals surface area contributed by atoms with Crippen molar-refractivity contribution < 1.29 is 0 Å². The first kappa shape index (κ1) is 15.3. The predicted octanol–water partition coefficient (Wildman–Crippen LogP) is 4.46. The van der Waals surface area contributed by atoms with Crippen LogP contribution in [-0.2, 0) is 0 Å². The average Bonchev–Trinajstić information content (AvgIpc) is 2.93. The SMILES string of the molecule is Cc1ccc(-c2c(C)nn3c(Nc4ccncc4)cc(C)nc23)cc1. The number of aromatic nitrogens is 4. The first-order valence-corrected chi connectivity index (χ1v) is 8.23. The van der Waals surface area contributed by atoms with Crippen LogP contribution < -0.4 is 5.32 Å². The van der Waals surface area contributed by atoms with E-state index in [1.165, 1.54) is 5.56 Å². The van der Waals surface area contributed by atoms with Gasteiger partial charge >= 0.3 is 0 Å². The lowest BCUT2D eigenvalue weighted by molar-refractivity contribution is 0.917. The molecular formula is C20H19N5. The van der Waals surface area contributed by atoms with Crippen molar-refractivity contribution >= 4 is 17.2 Å². The minimum absolute atomic E-state index is 0.859. The summed E-state index contributed by atoms with van der Waals surface area (Å²) in [6, 6.07) is 14.3. The minimum atomic E-state index is 0.859.